The molecular formula is C13H24O2. The maximum absolute atomic E-state index is 10.5. The molecule has 2 nitrogen and oxygen atoms in total. The average molecular weight is 212 g/mol. The smallest absolute Gasteiger partial charge is 0.330 e. The Kier molecular flexibility index (Phi) is 8.06. The fourth-order valence-electron chi connectivity index (χ4n) is 1.50. The monoisotopic (exact) mass is 212 g/mol. The van der Waals surface area contributed by atoms with Crippen LogP contribution in [0.25, 0.3) is 0 Å². The van der Waals surface area contributed by atoms with Gasteiger partial charge in [-0.3, -0.25) is 0 Å². The third kappa shape index (κ3) is 8.22. The number of hydrogen-bond donors (Lipinski definition) is 1. The van der Waals surface area contributed by atoms with Crippen molar-refractivity contribution < 1.29 is 9.90 Å². The highest BCUT2D eigenvalue weighted by Crippen LogP contribution is 2.15. The Labute approximate surface area is 93.4 Å². The van der Waals surface area contributed by atoms with Gasteiger partial charge in [-0.2, -0.15) is 0 Å². The molecule has 0 amide bonds. The minimum atomic E-state index is -0.798. The number of unbranched alkanes of at least 4 members (excludes halogenated alkanes) is 3. The molecule has 0 heterocycles. The van der Waals surface area contributed by atoms with E-state index in [9.17, 15) is 4.79 Å². The molecule has 0 saturated heterocycles. The Balaban J connectivity index is 3.61. The largest absolute Gasteiger partial charge is 0.478 e. The molecule has 15 heavy (non-hydrogen) atoms. The minimum absolute atomic E-state index is 0.468. The lowest BCUT2D eigenvalue weighted by molar-refractivity contribution is -0.132. The zero-order valence-electron chi connectivity index (χ0n) is 10.3. The minimum Gasteiger partial charge on any atom is -0.478 e. The predicted octanol–water partition coefficient (Wildman–Crippen LogP) is 4.01. The Morgan fingerprint density at radius 3 is 2.53 bits per heavy atom. The quantitative estimate of drug-likeness (QED) is 0.487. The highest BCUT2D eigenvalue weighted by molar-refractivity contribution is 5.85. The molecule has 0 aliphatic rings. The molecule has 0 aromatic carbocycles. The van der Waals surface area contributed by atoms with Crippen molar-refractivity contribution in [3.63, 3.8) is 0 Å². The van der Waals surface area contributed by atoms with Crippen LogP contribution in [0.4, 0.5) is 0 Å². The second-order valence-electron chi connectivity index (χ2n) is 4.38. The Hall–Kier alpha value is -0.790. The molecule has 0 saturated carbocycles. The molecule has 0 aromatic rings. The van der Waals surface area contributed by atoms with Gasteiger partial charge in [0.1, 0.15) is 0 Å². The van der Waals surface area contributed by atoms with Crippen molar-refractivity contribution in [1.29, 1.82) is 0 Å². The van der Waals surface area contributed by atoms with Crippen LogP contribution in [0, 0.1) is 5.92 Å². The van der Waals surface area contributed by atoms with Crippen molar-refractivity contribution in [2.45, 2.75) is 59.3 Å². The summed E-state index contributed by atoms with van der Waals surface area (Å²) < 4.78 is 0. The van der Waals surface area contributed by atoms with Crippen molar-refractivity contribution in [3.05, 3.63) is 11.6 Å². The van der Waals surface area contributed by atoms with Crippen molar-refractivity contribution in [2.75, 3.05) is 0 Å². The van der Waals surface area contributed by atoms with Crippen LogP contribution in [0.3, 0.4) is 0 Å². The Bertz CT molecular complexity index is 207. The number of carboxylic acid groups (broad SMARTS) is 1. The molecule has 1 atom stereocenters. The molecule has 0 bridgehead atoms. The van der Waals surface area contributed by atoms with E-state index in [2.05, 4.69) is 13.8 Å². The molecule has 0 aromatic heterocycles. The summed E-state index contributed by atoms with van der Waals surface area (Å²) in [6.45, 7) is 6.06. The van der Waals surface area contributed by atoms with Gasteiger partial charge in [0, 0.05) is 5.57 Å². The number of hydrogen-bond acceptors (Lipinski definition) is 1. The molecule has 0 spiro atoms. The van der Waals surface area contributed by atoms with Crippen LogP contribution in [0.15, 0.2) is 11.6 Å². The third-order valence-corrected chi connectivity index (χ3v) is 2.71. The van der Waals surface area contributed by atoms with Crippen LogP contribution < -0.4 is 0 Å². The molecule has 0 aliphatic carbocycles. The van der Waals surface area contributed by atoms with Gasteiger partial charge in [0.25, 0.3) is 0 Å². The molecule has 2 heteroatoms. The van der Waals surface area contributed by atoms with Crippen LogP contribution in [0.2, 0.25) is 0 Å². The van der Waals surface area contributed by atoms with Gasteiger partial charge in [0.05, 0.1) is 0 Å². The fourth-order valence-corrected chi connectivity index (χ4v) is 1.50. The van der Waals surface area contributed by atoms with Crippen LogP contribution in [-0.2, 0) is 4.79 Å². The zero-order valence-corrected chi connectivity index (χ0v) is 10.3. The zero-order chi connectivity index (χ0) is 11.7. The summed E-state index contributed by atoms with van der Waals surface area (Å²) in [5.74, 6) is -0.190. The first-order valence-corrected chi connectivity index (χ1v) is 5.98. The normalized spacial score (nSPS) is 13.9. The van der Waals surface area contributed by atoms with Crippen molar-refractivity contribution in [1.82, 2.24) is 0 Å². The molecular weight excluding hydrogens is 188 g/mol. The maximum atomic E-state index is 10.5. The average Bonchev–Trinajstić information content (AvgIpc) is 2.20. The van der Waals surface area contributed by atoms with Crippen molar-refractivity contribution in [3.8, 4) is 0 Å². The summed E-state index contributed by atoms with van der Waals surface area (Å²) in [5.41, 5.74) is 0.468. The summed E-state index contributed by atoms with van der Waals surface area (Å²) >= 11 is 0. The molecule has 0 aliphatic heterocycles. The van der Waals surface area contributed by atoms with Gasteiger partial charge in [0.2, 0.25) is 0 Å². The fraction of sp³-hybridized carbons (Fsp3) is 0.769. The standard InChI is InChI=1S/C13H24O2/c1-4-5-6-7-8-11(2)9-10-12(3)13(14)15/h10-11H,4-9H2,1-3H3,(H,14,15)/b12-10+. The number of carbonyl (C=O) groups is 1. The third-order valence-electron chi connectivity index (χ3n) is 2.71. The first-order chi connectivity index (χ1) is 7.07. The van der Waals surface area contributed by atoms with Gasteiger partial charge in [-0.15, -0.1) is 0 Å². The topological polar surface area (TPSA) is 37.3 Å². The highest BCUT2D eigenvalue weighted by atomic mass is 16.4. The second kappa shape index (κ2) is 8.51. The summed E-state index contributed by atoms with van der Waals surface area (Å²) in [6.07, 6.45) is 9.11. The first kappa shape index (κ1) is 14.2. The van der Waals surface area contributed by atoms with E-state index in [4.69, 9.17) is 5.11 Å². The Morgan fingerprint density at radius 1 is 1.33 bits per heavy atom. The summed E-state index contributed by atoms with van der Waals surface area (Å²) in [6, 6.07) is 0. The molecule has 0 radical (unpaired) electrons. The summed E-state index contributed by atoms with van der Waals surface area (Å²) in [4.78, 5) is 10.5. The predicted molar refractivity (Wildman–Crippen MR) is 63.9 cm³/mol. The lowest BCUT2D eigenvalue weighted by Crippen LogP contribution is -1.98. The van der Waals surface area contributed by atoms with Gasteiger partial charge in [-0.05, 0) is 19.3 Å². The van der Waals surface area contributed by atoms with E-state index in [1.807, 2.05) is 6.08 Å². The number of allylic oxidation sites excluding steroid dienone is 1. The lowest BCUT2D eigenvalue weighted by atomic mass is 9.98. The van der Waals surface area contributed by atoms with Gasteiger partial charge in [-0.25, -0.2) is 4.79 Å². The van der Waals surface area contributed by atoms with Crippen LogP contribution in [0.1, 0.15) is 59.3 Å². The SMILES string of the molecule is CCCCCCC(C)C/C=C(\C)C(=O)O. The maximum Gasteiger partial charge on any atom is 0.330 e. The molecule has 1 unspecified atom stereocenters. The van der Waals surface area contributed by atoms with Crippen molar-refractivity contribution in [2.24, 2.45) is 5.92 Å². The summed E-state index contributed by atoms with van der Waals surface area (Å²) in [7, 11) is 0. The van der Waals surface area contributed by atoms with Crippen molar-refractivity contribution >= 4 is 5.97 Å². The molecule has 1 N–H and O–H groups in total. The van der Waals surface area contributed by atoms with Gasteiger partial charge < -0.3 is 5.11 Å². The first-order valence-electron chi connectivity index (χ1n) is 5.98. The number of carboxylic acids is 1. The Morgan fingerprint density at radius 2 is 2.00 bits per heavy atom. The van der Waals surface area contributed by atoms with E-state index in [0.717, 1.165) is 6.42 Å². The van der Waals surface area contributed by atoms with Crippen LogP contribution in [0.5, 0.6) is 0 Å². The van der Waals surface area contributed by atoms with Gasteiger partial charge in [-0.1, -0.05) is 52.0 Å². The number of aliphatic carboxylic acids is 1. The van der Waals surface area contributed by atoms with E-state index >= 15 is 0 Å². The van der Waals surface area contributed by atoms with E-state index in [-0.39, 0.29) is 0 Å². The molecule has 88 valence electrons. The van der Waals surface area contributed by atoms with E-state index in [1.165, 1.54) is 32.1 Å². The highest BCUT2D eigenvalue weighted by Gasteiger charge is 2.03. The molecule has 0 rings (SSSR count). The second-order valence-corrected chi connectivity index (χ2v) is 4.38. The van der Waals surface area contributed by atoms with Gasteiger partial charge >= 0.3 is 5.97 Å². The van der Waals surface area contributed by atoms with E-state index < -0.39 is 5.97 Å². The van der Waals surface area contributed by atoms with E-state index in [0.29, 0.717) is 11.5 Å². The van der Waals surface area contributed by atoms with E-state index in [1.54, 1.807) is 6.92 Å². The van der Waals surface area contributed by atoms with Gasteiger partial charge in [0.15, 0.2) is 0 Å². The summed E-state index contributed by atoms with van der Waals surface area (Å²) in [5, 5.41) is 8.67. The van der Waals surface area contributed by atoms with Crippen LogP contribution in [-0.4, -0.2) is 11.1 Å². The lowest BCUT2D eigenvalue weighted by Gasteiger charge is -2.08. The van der Waals surface area contributed by atoms with Crippen LogP contribution >= 0.6 is 0 Å². The molecule has 0 fully saturated rings. The number of rotatable bonds is 8.